The highest BCUT2D eigenvalue weighted by Crippen LogP contribution is 2.36. The van der Waals surface area contributed by atoms with Gasteiger partial charge in [0.15, 0.2) is 0 Å². The minimum Gasteiger partial charge on any atom is -0.319 e. The molecule has 188 valence electrons. The van der Waals surface area contributed by atoms with Gasteiger partial charge in [0.25, 0.3) is 0 Å². The fourth-order valence-corrected chi connectivity index (χ4v) is 4.42. The topological polar surface area (TPSA) is 37.8 Å². The Labute approximate surface area is 211 Å². The van der Waals surface area contributed by atoms with Gasteiger partial charge in [0.05, 0.1) is 11.1 Å². The minimum absolute atomic E-state index is 0.191. The van der Waals surface area contributed by atoms with Gasteiger partial charge < -0.3 is 5.32 Å². The number of halogens is 3. The molecule has 36 heavy (non-hydrogen) atoms. The molecule has 6 heteroatoms. The fraction of sp³-hybridized carbons (Fsp3) is 0.267. The van der Waals surface area contributed by atoms with Crippen LogP contribution in [-0.4, -0.2) is 23.6 Å². The van der Waals surface area contributed by atoms with Crippen LogP contribution < -0.4 is 5.32 Å². The van der Waals surface area contributed by atoms with E-state index in [2.05, 4.69) is 34.5 Å². The second-order valence-electron chi connectivity index (χ2n) is 8.71. The van der Waals surface area contributed by atoms with E-state index in [9.17, 15) is 13.2 Å². The van der Waals surface area contributed by atoms with Gasteiger partial charge in [-0.1, -0.05) is 43.0 Å². The lowest BCUT2D eigenvalue weighted by Crippen LogP contribution is -2.18. The SMILES string of the molecule is C=C/C=C\C(=C/c1cccc(C(F)(F)F)c1C)c1cc(C(CCCC=C)CNC)c2ncncc2c1. The van der Waals surface area contributed by atoms with Crippen molar-refractivity contribution in [1.29, 1.82) is 0 Å². The molecular weight excluding hydrogens is 459 g/mol. The third-order valence-corrected chi connectivity index (χ3v) is 6.22. The van der Waals surface area contributed by atoms with Crippen molar-refractivity contribution in [2.75, 3.05) is 13.6 Å². The monoisotopic (exact) mass is 491 g/mol. The van der Waals surface area contributed by atoms with E-state index in [0.717, 1.165) is 59.5 Å². The van der Waals surface area contributed by atoms with Crippen molar-refractivity contribution in [2.24, 2.45) is 0 Å². The van der Waals surface area contributed by atoms with Crippen LogP contribution in [-0.2, 0) is 6.18 Å². The van der Waals surface area contributed by atoms with Crippen molar-refractivity contribution >= 4 is 22.6 Å². The Morgan fingerprint density at radius 3 is 2.69 bits per heavy atom. The number of likely N-dealkylation sites (N-methyl/N-ethyl adjacent to an activating group) is 1. The number of alkyl halides is 3. The molecule has 0 bridgehead atoms. The molecule has 2 aromatic carbocycles. The van der Waals surface area contributed by atoms with Crippen molar-refractivity contribution in [2.45, 2.75) is 38.3 Å². The van der Waals surface area contributed by atoms with Gasteiger partial charge in [-0.15, -0.1) is 6.58 Å². The Bertz CT molecular complexity index is 1270. The average Bonchev–Trinajstić information content (AvgIpc) is 2.85. The lowest BCUT2D eigenvalue weighted by Gasteiger charge is -2.20. The number of rotatable bonds is 11. The van der Waals surface area contributed by atoms with E-state index >= 15 is 0 Å². The first-order valence-electron chi connectivity index (χ1n) is 12.0. The number of hydrogen-bond acceptors (Lipinski definition) is 3. The van der Waals surface area contributed by atoms with Crippen LogP contribution in [0.3, 0.4) is 0 Å². The van der Waals surface area contributed by atoms with Gasteiger partial charge >= 0.3 is 6.18 Å². The van der Waals surface area contributed by atoms with Gasteiger partial charge in [-0.25, -0.2) is 9.97 Å². The minimum atomic E-state index is -4.41. The molecule has 3 aromatic rings. The predicted octanol–water partition coefficient (Wildman–Crippen LogP) is 7.90. The molecule has 1 aromatic heterocycles. The van der Waals surface area contributed by atoms with Crippen LogP contribution in [0, 0.1) is 6.92 Å². The van der Waals surface area contributed by atoms with E-state index in [0.29, 0.717) is 5.56 Å². The summed E-state index contributed by atoms with van der Waals surface area (Å²) in [5.41, 5.74) is 3.70. The summed E-state index contributed by atoms with van der Waals surface area (Å²) in [6.45, 7) is 9.87. The lowest BCUT2D eigenvalue weighted by molar-refractivity contribution is -0.138. The third-order valence-electron chi connectivity index (χ3n) is 6.22. The Hall–Kier alpha value is -3.51. The van der Waals surface area contributed by atoms with Gasteiger partial charge in [0.1, 0.15) is 6.33 Å². The Kier molecular flexibility index (Phi) is 9.37. The smallest absolute Gasteiger partial charge is 0.319 e. The maximum absolute atomic E-state index is 13.5. The van der Waals surface area contributed by atoms with Crippen LogP contribution in [0.4, 0.5) is 13.2 Å². The van der Waals surface area contributed by atoms with Crippen molar-refractivity contribution < 1.29 is 13.2 Å². The quantitative estimate of drug-likeness (QED) is 0.128. The molecule has 0 aliphatic carbocycles. The predicted molar refractivity (Wildman–Crippen MR) is 144 cm³/mol. The standard InChI is InChI=1S/C30H32F3N3/c1-5-7-9-12-24(18-34-4)27-17-25(16-26-19-35-20-36-29(26)27)23(11-8-6-2)15-22-13-10-14-28(21(22)3)30(31,32)33/h5-6,8,10-11,13-17,19-20,24,34H,1-2,7,9,12,18H2,3-4H3/b11-8-,23-15+. The van der Waals surface area contributed by atoms with E-state index < -0.39 is 11.7 Å². The summed E-state index contributed by atoms with van der Waals surface area (Å²) < 4.78 is 40.6. The Morgan fingerprint density at radius 1 is 1.19 bits per heavy atom. The van der Waals surface area contributed by atoms with Crippen molar-refractivity contribution in [3.63, 3.8) is 0 Å². The van der Waals surface area contributed by atoms with Crippen LogP contribution in [0.5, 0.6) is 0 Å². The number of fused-ring (bicyclic) bond motifs is 1. The van der Waals surface area contributed by atoms with Gasteiger partial charge in [-0.05, 0) is 91.3 Å². The summed E-state index contributed by atoms with van der Waals surface area (Å²) in [6, 6.07) is 8.35. The van der Waals surface area contributed by atoms with Crippen molar-refractivity contribution in [1.82, 2.24) is 15.3 Å². The summed E-state index contributed by atoms with van der Waals surface area (Å²) in [5.74, 6) is 0.201. The molecule has 0 spiro atoms. The number of nitrogens with one attached hydrogen (secondary N) is 1. The molecule has 1 N–H and O–H groups in total. The number of nitrogens with zero attached hydrogens (tertiary/aromatic N) is 2. The molecule has 0 saturated heterocycles. The number of aromatic nitrogens is 2. The Balaban J connectivity index is 2.22. The molecule has 1 heterocycles. The second-order valence-corrected chi connectivity index (χ2v) is 8.71. The van der Waals surface area contributed by atoms with Gasteiger partial charge in [0, 0.05) is 18.1 Å². The first-order valence-corrected chi connectivity index (χ1v) is 12.0. The largest absolute Gasteiger partial charge is 0.416 e. The third kappa shape index (κ3) is 6.58. The summed E-state index contributed by atoms with van der Waals surface area (Å²) in [6.07, 6.45) is 10.8. The molecule has 0 aliphatic rings. The van der Waals surface area contributed by atoms with Crippen LogP contribution in [0.1, 0.15) is 53.0 Å². The van der Waals surface area contributed by atoms with E-state index in [1.165, 1.54) is 13.0 Å². The number of unbranched alkanes of at least 4 members (excludes halogenated alkanes) is 1. The first-order chi connectivity index (χ1) is 17.3. The zero-order valence-electron chi connectivity index (χ0n) is 20.8. The molecule has 0 aliphatic heterocycles. The fourth-order valence-electron chi connectivity index (χ4n) is 4.42. The molecule has 1 unspecified atom stereocenters. The van der Waals surface area contributed by atoms with E-state index in [1.807, 2.05) is 25.3 Å². The lowest BCUT2D eigenvalue weighted by atomic mass is 9.88. The zero-order valence-corrected chi connectivity index (χ0v) is 20.8. The molecular formula is C30H32F3N3. The zero-order chi connectivity index (χ0) is 26.1. The summed E-state index contributed by atoms with van der Waals surface area (Å²) >= 11 is 0. The molecule has 0 saturated carbocycles. The maximum atomic E-state index is 13.5. The van der Waals surface area contributed by atoms with Crippen molar-refractivity contribution in [3.8, 4) is 0 Å². The summed E-state index contributed by atoms with van der Waals surface area (Å²) in [4.78, 5) is 8.79. The van der Waals surface area contributed by atoms with Crippen molar-refractivity contribution in [3.05, 3.63) is 108 Å². The van der Waals surface area contributed by atoms with E-state index in [1.54, 1.807) is 36.8 Å². The van der Waals surface area contributed by atoms with Gasteiger partial charge in [-0.2, -0.15) is 13.2 Å². The van der Waals surface area contributed by atoms with E-state index in [4.69, 9.17) is 0 Å². The molecule has 0 fully saturated rings. The highest BCUT2D eigenvalue weighted by atomic mass is 19.4. The first kappa shape index (κ1) is 27.1. The summed E-state index contributed by atoms with van der Waals surface area (Å²) in [5, 5.41) is 4.17. The normalized spacial score (nSPS) is 13.3. The maximum Gasteiger partial charge on any atom is 0.416 e. The number of hydrogen-bond donors (Lipinski definition) is 1. The molecule has 3 rings (SSSR count). The van der Waals surface area contributed by atoms with Crippen LogP contribution >= 0.6 is 0 Å². The van der Waals surface area contributed by atoms with Crippen LogP contribution in [0.15, 0.2) is 80.3 Å². The van der Waals surface area contributed by atoms with Crippen LogP contribution in [0.25, 0.3) is 22.6 Å². The average molecular weight is 492 g/mol. The van der Waals surface area contributed by atoms with E-state index in [-0.39, 0.29) is 11.5 Å². The molecule has 3 nitrogen and oxygen atoms in total. The van der Waals surface area contributed by atoms with Crippen LogP contribution in [0.2, 0.25) is 0 Å². The van der Waals surface area contributed by atoms with Gasteiger partial charge in [-0.3, -0.25) is 0 Å². The number of allylic oxidation sites excluding steroid dienone is 5. The number of benzene rings is 2. The molecule has 0 amide bonds. The summed E-state index contributed by atoms with van der Waals surface area (Å²) in [7, 11) is 1.93. The highest BCUT2D eigenvalue weighted by molar-refractivity contribution is 5.93. The molecule has 0 radical (unpaired) electrons. The second kappa shape index (κ2) is 12.5. The molecule has 1 atom stereocenters. The van der Waals surface area contributed by atoms with Gasteiger partial charge in [0.2, 0.25) is 0 Å². The highest BCUT2D eigenvalue weighted by Gasteiger charge is 2.32. The Morgan fingerprint density at radius 2 is 2.00 bits per heavy atom.